The second-order valence-electron chi connectivity index (χ2n) is 3.73. The van der Waals surface area contributed by atoms with Crippen LogP contribution in [0.5, 0.6) is 0 Å². The van der Waals surface area contributed by atoms with Crippen LogP contribution in [0.3, 0.4) is 0 Å². The van der Waals surface area contributed by atoms with Gasteiger partial charge in [0, 0.05) is 0 Å². The molecule has 2 aliphatic heterocycles. The van der Waals surface area contributed by atoms with Crippen molar-refractivity contribution >= 4 is 17.9 Å². The molecular weight excluding hydrogens is 236 g/mol. The predicted molar refractivity (Wildman–Crippen MR) is 46.5 cm³/mol. The maximum Gasteiger partial charge on any atom is 0.437 e. The van der Waals surface area contributed by atoms with Crippen LogP contribution in [0.1, 0.15) is 12.8 Å². The van der Waals surface area contributed by atoms with Gasteiger partial charge in [-0.2, -0.15) is 0 Å². The zero-order valence-corrected chi connectivity index (χ0v) is 8.47. The summed E-state index contributed by atoms with van der Waals surface area (Å²) >= 11 is 0. The van der Waals surface area contributed by atoms with Gasteiger partial charge in [0.05, 0.1) is 12.8 Å². The zero-order valence-electron chi connectivity index (χ0n) is 8.47. The van der Waals surface area contributed by atoms with E-state index in [1.807, 2.05) is 0 Å². The van der Waals surface area contributed by atoms with Gasteiger partial charge in [0.15, 0.2) is 5.60 Å². The number of hydrogen-bond donors (Lipinski definition) is 2. The molecule has 2 bridgehead atoms. The van der Waals surface area contributed by atoms with Gasteiger partial charge in [-0.05, 0) is 6.58 Å². The Morgan fingerprint density at radius 2 is 1.65 bits per heavy atom. The number of esters is 3. The van der Waals surface area contributed by atoms with Crippen LogP contribution in [0.2, 0.25) is 0 Å². The van der Waals surface area contributed by atoms with Crippen molar-refractivity contribution in [2.75, 3.05) is 0 Å². The third kappa shape index (κ3) is 1.77. The highest BCUT2D eigenvalue weighted by atomic mass is 16.9. The number of carbonyl (C=O) groups is 3. The molecule has 0 aromatic heterocycles. The van der Waals surface area contributed by atoms with E-state index in [0.29, 0.717) is 0 Å². The second-order valence-corrected chi connectivity index (χ2v) is 3.73. The van der Waals surface area contributed by atoms with E-state index in [9.17, 15) is 24.6 Å². The molecular formula is C9H8O8. The Labute approximate surface area is 94.4 Å². The Morgan fingerprint density at radius 3 is 2.29 bits per heavy atom. The molecule has 17 heavy (non-hydrogen) atoms. The summed E-state index contributed by atoms with van der Waals surface area (Å²) in [4.78, 5) is 34.0. The predicted octanol–water partition coefficient (Wildman–Crippen LogP) is -1.69. The zero-order chi connectivity index (χ0) is 12.8. The summed E-state index contributed by atoms with van der Waals surface area (Å²) in [6.07, 6.45) is -1.62. The van der Waals surface area contributed by atoms with Crippen LogP contribution in [-0.4, -0.2) is 39.7 Å². The number of cyclic esters (lactones) is 1. The highest BCUT2D eigenvalue weighted by Crippen LogP contribution is 2.34. The lowest BCUT2D eigenvalue weighted by Crippen LogP contribution is -2.48. The van der Waals surface area contributed by atoms with Crippen molar-refractivity contribution in [3.05, 3.63) is 12.3 Å². The van der Waals surface area contributed by atoms with Crippen molar-refractivity contribution in [3.8, 4) is 0 Å². The summed E-state index contributed by atoms with van der Waals surface area (Å²) in [5.41, 5.74) is -2.40. The normalized spacial score (nSPS) is 37.5. The highest BCUT2D eigenvalue weighted by Gasteiger charge is 2.56. The fraction of sp³-hybridized carbons (Fsp3) is 0.444. The molecule has 2 rings (SSSR count). The first-order valence-corrected chi connectivity index (χ1v) is 4.55. The Balaban J connectivity index is 2.53. The Morgan fingerprint density at radius 1 is 1.06 bits per heavy atom. The van der Waals surface area contributed by atoms with Gasteiger partial charge in [-0.25, -0.2) is 4.79 Å². The molecule has 0 radical (unpaired) electrons. The van der Waals surface area contributed by atoms with Crippen molar-refractivity contribution in [1.29, 1.82) is 0 Å². The molecule has 2 saturated heterocycles. The minimum absolute atomic E-state index is 0.756. The molecule has 0 aromatic rings. The van der Waals surface area contributed by atoms with Gasteiger partial charge in [-0.15, -0.1) is 0 Å². The molecule has 2 heterocycles. The maximum atomic E-state index is 11.5. The Hall–Kier alpha value is -1.93. The van der Waals surface area contributed by atoms with Gasteiger partial charge < -0.3 is 24.4 Å². The van der Waals surface area contributed by atoms with Gasteiger partial charge in [-0.3, -0.25) is 9.59 Å². The van der Waals surface area contributed by atoms with Gasteiger partial charge in [-0.1, -0.05) is 0 Å². The minimum atomic E-state index is -2.89. The lowest BCUT2D eigenvalue weighted by molar-refractivity contribution is -0.315. The fourth-order valence-electron chi connectivity index (χ4n) is 1.47. The SMILES string of the molecule is C=C1OC(=O)CC2(O)CC(=O)OC1(O)OC2=O. The molecule has 8 heteroatoms. The van der Waals surface area contributed by atoms with E-state index in [-0.39, 0.29) is 0 Å². The molecule has 2 N–H and O–H groups in total. The topological polar surface area (TPSA) is 119 Å². The monoisotopic (exact) mass is 244 g/mol. The lowest BCUT2D eigenvalue weighted by Gasteiger charge is -2.29. The number of hydrogen-bond acceptors (Lipinski definition) is 8. The molecule has 8 nitrogen and oxygen atoms in total. The van der Waals surface area contributed by atoms with Crippen molar-refractivity contribution in [1.82, 2.24) is 0 Å². The van der Waals surface area contributed by atoms with Crippen molar-refractivity contribution < 1.29 is 38.8 Å². The molecule has 2 fully saturated rings. The third-order valence-corrected chi connectivity index (χ3v) is 2.33. The van der Waals surface area contributed by atoms with E-state index in [1.54, 1.807) is 0 Å². The van der Waals surface area contributed by atoms with Crippen LogP contribution in [0.25, 0.3) is 0 Å². The molecule has 2 aliphatic rings. The Kier molecular flexibility index (Phi) is 2.23. The van der Waals surface area contributed by atoms with Crippen LogP contribution in [-0.2, 0) is 28.6 Å². The van der Waals surface area contributed by atoms with Crippen LogP contribution in [0.4, 0.5) is 0 Å². The van der Waals surface area contributed by atoms with Crippen molar-refractivity contribution in [2.45, 2.75) is 24.4 Å². The largest absolute Gasteiger partial charge is 0.437 e. The van der Waals surface area contributed by atoms with E-state index in [0.717, 1.165) is 0 Å². The first-order chi connectivity index (χ1) is 7.75. The van der Waals surface area contributed by atoms with Crippen LogP contribution < -0.4 is 0 Å². The number of carbonyl (C=O) groups excluding carboxylic acids is 3. The fourth-order valence-corrected chi connectivity index (χ4v) is 1.47. The van der Waals surface area contributed by atoms with E-state index >= 15 is 0 Å². The molecule has 0 aliphatic carbocycles. The van der Waals surface area contributed by atoms with Crippen molar-refractivity contribution in [3.63, 3.8) is 0 Å². The molecule has 0 amide bonds. The summed E-state index contributed by atoms with van der Waals surface area (Å²) in [5.74, 6) is -7.17. The quantitative estimate of drug-likeness (QED) is 0.484. The lowest BCUT2D eigenvalue weighted by atomic mass is 9.96. The number of aliphatic hydroxyl groups is 2. The van der Waals surface area contributed by atoms with E-state index in [1.165, 1.54) is 0 Å². The summed E-state index contributed by atoms with van der Waals surface area (Å²) < 4.78 is 13.2. The van der Waals surface area contributed by atoms with Crippen molar-refractivity contribution in [2.24, 2.45) is 0 Å². The summed E-state index contributed by atoms with van der Waals surface area (Å²) in [7, 11) is 0. The van der Waals surface area contributed by atoms with Gasteiger partial charge in [0.2, 0.25) is 5.76 Å². The molecule has 2 atom stereocenters. The van der Waals surface area contributed by atoms with E-state index in [2.05, 4.69) is 20.8 Å². The van der Waals surface area contributed by atoms with Crippen LogP contribution >= 0.6 is 0 Å². The molecule has 92 valence electrons. The maximum absolute atomic E-state index is 11.5. The standard InChI is InChI=1S/C9H8O8/c1-4-9(14)16-6(11)3-8(13,7(12)17-9)2-5(10)15-4/h13-14H,1-3H2. The average Bonchev–Trinajstić information content (AvgIpc) is 2.19. The first kappa shape index (κ1) is 11.6. The summed E-state index contributed by atoms with van der Waals surface area (Å²) in [5, 5.41) is 19.5. The summed E-state index contributed by atoms with van der Waals surface area (Å²) in [6, 6.07) is 0. The number of rotatable bonds is 0. The van der Waals surface area contributed by atoms with Gasteiger partial charge in [0.1, 0.15) is 0 Å². The van der Waals surface area contributed by atoms with Gasteiger partial charge in [0.25, 0.3) is 0 Å². The molecule has 0 aromatic carbocycles. The number of fused-ring (bicyclic) bond motifs is 3. The molecule has 0 saturated carbocycles. The summed E-state index contributed by atoms with van der Waals surface area (Å²) in [6.45, 7) is 3.12. The first-order valence-electron chi connectivity index (χ1n) is 4.55. The average molecular weight is 244 g/mol. The third-order valence-electron chi connectivity index (χ3n) is 2.33. The highest BCUT2D eigenvalue weighted by molar-refractivity contribution is 5.92. The van der Waals surface area contributed by atoms with Crippen LogP contribution in [0.15, 0.2) is 12.3 Å². The Bertz CT molecular complexity index is 436. The molecule has 0 spiro atoms. The van der Waals surface area contributed by atoms with E-state index in [4.69, 9.17) is 0 Å². The second kappa shape index (κ2) is 3.28. The molecule has 2 unspecified atom stereocenters. The van der Waals surface area contributed by atoms with Crippen LogP contribution in [0, 0.1) is 0 Å². The number of ether oxygens (including phenoxy) is 3. The van der Waals surface area contributed by atoms with E-state index < -0.39 is 48.1 Å². The smallest absolute Gasteiger partial charge is 0.420 e. The minimum Gasteiger partial charge on any atom is -0.420 e. The van der Waals surface area contributed by atoms with Gasteiger partial charge >= 0.3 is 23.9 Å².